The summed E-state index contributed by atoms with van der Waals surface area (Å²) in [6.07, 6.45) is -4.41. The number of fused-ring (bicyclic) bond motifs is 3. The number of azo groups is 1. The number of thioether (sulfide) groups is 1. The normalized spacial score (nSPS) is 20.4. The molecule has 2 aromatic carbocycles. The Bertz CT molecular complexity index is 1060. The van der Waals surface area contributed by atoms with E-state index in [1.807, 2.05) is 24.3 Å². The van der Waals surface area contributed by atoms with Crippen molar-refractivity contribution < 1.29 is 18.0 Å². The van der Waals surface area contributed by atoms with E-state index in [4.69, 9.17) is 0 Å². The van der Waals surface area contributed by atoms with Crippen LogP contribution >= 0.6 is 11.8 Å². The zero-order valence-corrected chi connectivity index (χ0v) is 14.9. The largest absolute Gasteiger partial charge is 0.416 e. The van der Waals surface area contributed by atoms with Crippen LogP contribution in [0.2, 0.25) is 0 Å². The summed E-state index contributed by atoms with van der Waals surface area (Å²) in [6, 6.07) is 11.6. The van der Waals surface area contributed by atoms with Crippen molar-refractivity contribution in [2.75, 3.05) is 5.75 Å². The van der Waals surface area contributed by atoms with Gasteiger partial charge in [-0.1, -0.05) is 23.9 Å². The molecular weight excluding hydrogens is 377 g/mol. The van der Waals surface area contributed by atoms with Crippen LogP contribution in [0.15, 0.2) is 63.9 Å². The number of benzene rings is 2. The molecule has 1 unspecified atom stereocenters. The monoisotopic (exact) mass is 390 g/mol. The van der Waals surface area contributed by atoms with Crippen molar-refractivity contribution in [3.63, 3.8) is 0 Å². The first-order valence-electron chi connectivity index (χ1n) is 8.03. The fourth-order valence-electron chi connectivity index (χ4n) is 2.76. The number of rotatable bonds is 2. The van der Waals surface area contributed by atoms with Gasteiger partial charge in [0.2, 0.25) is 0 Å². The number of carbonyl (C=O) groups is 1. The van der Waals surface area contributed by atoms with Gasteiger partial charge in [-0.2, -0.15) is 23.4 Å². The van der Waals surface area contributed by atoms with E-state index in [0.717, 1.165) is 17.6 Å². The molecule has 138 valence electrons. The first kappa shape index (κ1) is 17.7. The molecule has 0 radical (unpaired) electrons. The number of halogens is 3. The quantitative estimate of drug-likeness (QED) is 0.555. The minimum Gasteiger partial charge on any atom is -0.271 e. The number of aromatic nitrogens is 2. The van der Waals surface area contributed by atoms with E-state index >= 15 is 0 Å². The SMILES string of the molecule is CC1(N=Nc2ccc(C(F)(F)F)cc2)CSc2nc3ccccc3n2C1=O. The highest BCUT2D eigenvalue weighted by molar-refractivity contribution is 7.99. The van der Waals surface area contributed by atoms with Gasteiger partial charge in [-0.3, -0.25) is 9.36 Å². The van der Waals surface area contributed by atoms with Crippen molar-refractivity contribution >= 4 is 34.4 Å². The highest BCUT2D eigenvalue weighted by Crippen LogP contribution is 2.36. The molecule has 0 bridgehead atoms. The summed E-state index contributed by atoms with van der Waals surface area (Å²) in [5.41, 5.74) is -0.225. The van der Waals surface area contributed by atoms with Gasteiger partial charge in [0, 0.05) is 5.75 Å². The number of hydrogen-bond donors (Lipinski definition) is 0. The van der Waals surface area contributed by atoms with Crippen LogP contribution in [0, 0.1) is 0 Å². The maximum absolute atomic E-state index is 13.0. The summed E-state index contributed by atoms with van der Waals surface area (Å²) in [6.45, 7) is 1.66. The van der Waals surface area contributed by atoms with E-state index in [9.17, 15) is 18.0 Å². The van der Waals surface area contributed by atoms with Gasteiger partial charge in [0.1, 0.15) is 0 Å². The third-order valence-electron chi connectivity index (χ3n) is 4.26. The Labute approximate surface area is 156 Å². The predicted octanol–water partition coefficient (Wildman–Crippen LogP) is 5.34. The van der Waals surface area contributed by atoms with Crippen molar-refractivity contribution in [2.45, 2.75) is 23.8 Å². The predicted molar refractivity (Wildman–Crippen MR) is 95.4 cm³/mol. The van der Waals surface area contributed by atoms with Gasteiger partial charge in [0.05, 0.1) is 22.3 Å². The average Bonchev–Trinajstić information content (AvgIpc) is 3.02. The van der Waals surface area contributed by atoms with E-state index in [2.05, 4.69) is 15.2 Å². The van der Waals surface area contributed by atoms with Crippen LogP contribution in [0.25, 0.3) is 11.0 Å². The second-order valence-electron chi connectivity index (χ2n) is 6.33. The highest BCUT2D eigenvalue weighted by atomic mass is 32.2. The Balaban J connectivity index is 1.64. The molecular formula is C18H13F3N4OS. The maximum Gasteiger partial charge on any atom is 0.416 e. The third-order valence-corrected chi connectivity index (χ3v) is 5.50. The van der Waals surface area contributed by atoms with Crippen molar-refractivity contribution in [3.05, 3.63) is 54.1 Å². The lowest BCUT2D eigenvalue weighted by Crippen LogP contribution is -2.42. The van der Waals surface area contributed by atoms with Crippen molar-refractivity contribution in [1.29, 1.82) is 0 Å². The van der Waals surface area contributed by atoms with Crippen LogP contribution in [0.5, 0.6) is 0 Å². The van der Waals surface area contributed by atoms with Crippen molar-refractivity contribution in [3.8, 4) is 0 Å². The summed E-state index contributed by atoms with van der Waals surface area (Å²) in [5, 5.41) is 8.77. The number of carbonyl (C=O) groups excluding carboxylic acids is 1. The van der Waals surface area contributed by atoms with Gasteiger partial charge in [0.25, 0.3) is 5.91 Å². The Morgan fingerprint density at radius 2 is 1.85 bits per heavy atom. The van der Waals surface area contributed by atoms with Gasteiger partial charge < -0.3 is 0 Å². The fourth-order valence-corrected chi connectivity index (χ4v) is 3.83. The Kier molecular flexibility index (Phi) is 4.06. The van der Waals surface area contributed by atoms with Gasteiger partial charge in [-0.05, 0) is 43.3 Å². The summed E-state index contributed by atoms with van der Waals surface area (Å²) >= 11 is 1.39. The topological polar surface area (TPSA) is 59.6 Å². The van der Waals surface area contributed by atoms with E-state index in [-0.39, 0.29) is 11.6 Å². The van der Waals surface area contributed by atoms with Gasteiger partial charge in [-0.15, -0.1) is 0 Å². The van der Waals surface area contributed by atoms with Crippen molar-refractivity contribution in [2.24, 2.45) is 10.2 Å². The van der Waals surface area contributed by atoms with Gasteiger partial charge in [-0.25, -0.2) is 4.98 Å². The van der Waals surface area contributed by atoms with E-state index in [1.165, 1.54) is 28.5 Å². The standard InChI is InChI=1S/C18H13F3N4OS/c1-17(24-23-12-8-6-11(7-9-12)18(19,20)21)10-27-16-22-13-4-2-3-5-14(13)25(16)15(17)26/h2-9H,10H2,1H3. The number of nitrogens with zero attached hydrogens (tertiary/aromatic N) is 4. The highest BCUT2D eigenvalue weighted by Gasteiger charge is 2.41. The van der Waals surface area contributed by atoms with Gasteiger partial charge >= 0.3 is 6.18 Å². The van der Waals surface area contributed by atoms with E-state index < -0.39 is 17.3 Å². The van der Waals surface area contributed by atoms with Crippen LogP contribution in [0.3, 0.4) is 0 Å². The molecule has 0 amide bonds. The Morgan fingerprint density at radius 3 is 2.56 bits per heavy atom. The number of imidazole rings is 1. The molecule has 27 heavy (non-hydrogen) atoms. The zero-order chi connectivity index (χ0) is 19.2. The summed E-state index contributed by atoms with van der Waals surface area (Å²) in [4.78, 5) is 17.5. The van der Waals surface area contributed by atoms with Crippen LogP contribution in [0.1, 0.15) is 17.3 Å². The molecule has 1 atom stereocenters. The molecule has 0 saturated carbocycles. The summed E-state index contributed by atoms with van der Waals surface area (Å²) in [5.74, 6) is 0.0832. The maximum atomic E-state index is 13.0. The minimum absolute atomic E-state index is 0.253. The Hall–Kier alpha value is -2.68. The lowest BCUT2D eigenvalue weighted by Gasteiger charge is -2.27. The van der Waals surface area contributed by atoms with Crippen molar-refractivity contribution in [1.82, 2.24) is 9.55 Å². The second-order valence-corrected chi connectivity index (χ2v) is 7.27. The molecule has 2 heterocycles. The molecule has 0 fully saturated rings. The summed E-state index contributed by atoms with van der Waals surface area (Å²) < 4.78 is 39.4. The number of para-hydroxylation sites is 2. The lowest BCUT2D eigenvalue weighted by molar-refractivity contribution is -0.137. The lowest BCUT2D eigenvalue weighted by atomic mass is 10.1. The molecule has 3 aromatic rings. The van der Waals surface area contributed by atoms with Crippen LogP contribution in [-0.2, 0) is 6.18 Å². The number of alkyl halides is 3. The molecule has 0 spiro atoms. The molecule has 1 aromatic heterocycles. The molecule has 0 N–H and O–H groups in total. The van der Waals surface area contributed by atoms with Crippen LogP contribution in [0.4, 0.5) is 18.9 Å². The first-order chi connectivity index (χ1) is 12.8. The fraction of sp³-hybridized carbons (Fsp3) is 0.222. The molecule has 9 heteroatoms. The Morgan fingerprint density at radius 1 is 1.15 bits per heavy atom. The summed E-state index contributed by atoms with van der Waals surface area (Å²) in [7, 11) is 0. The van der Waals surface area contributed by atoms with Gasteiger partial charge in [0.15, 0.2) is 10.7 Å². The van der Waals surface area contributed by atoms with Crippen LogP contribution in [-0.4, -0.2) is 26.8 Å². The average molecular weight is 390 g/mol. The first-order valence-corrected chi connectivity index (χ1v) is 9.02. The molecule has 0 saturated heterocycles. The molecule has 5 nitrogen and oxygen atoms in total. The molecule has 4 rings (SSSR count). The van der Waals surface area contributed by atoms with E-state index in [1.54, 1.807) is 6.92 Å². The smallest absolute Gasteiger partial charge is 0.271 e. The third kappa shape index (κ3) is 3.12. The molecule has 1 aliphatic heterocycles. The number of hydrogen-bond acceptors (Lipinski definition) is 5. The van der Waals surface area contributed by atoms with Crippen LogP contribution < -0.4 is 0 Å². The van der Waals surface area contributed by atoms with E-state index in [0.29, 0.717) is 16.4 Å². The zero-order valence-electron chi connectivity index (χ0n) is 14.1. The minimum atomic E-state index is -4.41. The molecule has 0 aliphatic carbocycles. The molecule has 1 aliphatic rings. The second kappa shape index (κ2) is 6.19.